The van der Waals surface area contributed by atoms with Crippen LogP contribution in [0.15, 0.2) is 53.2 Å². The van der Waals surface area contributed by atoms with E-state index in [1.165, 1.54) is 6.33 Å². The van der Waals surface area contributed by atoms with Crippen molar-refractivity contribution in [2.45, 2.75) is 19.4 Å². The van der Waals surface area contributed by atoms with Crippen LogP contribution in [0.4, 0.5) is 17.2 Å². The van der Waals surface area contributed by atoms with Crippen LogP contribution in [0, 0.1) is 0 Å². The quantitative estimate of drug-likeness (QED) is 0.721. The Morgan fingerprint density at radius 1 is 1.18 bits per heavy atom. The van der Waals surface area contributed by atoms with E-state index in [1.54, 1.807) is 11.0 Å². The maximum absolute atomic E-state index is 5.91. The molecule has 0 fully saturated rings. The Hall–Kier alpha value is -3.03. The summed E-state index contributed by atoms with van der Waals surface area (Å²) in [5, 5.41) is 19.6. The normalized spacial score (nSPS) is 12.1. The molecule has 1 aromatic carbocycles. The summed E-state index contributed by atoms with van der Waals surface area (Å²) in [5.74, 6) is 0.294. The minimum absolute atomic E-state index is 0.294. The lowest BCUT2D eigenvalue weighted by Gasteiger charge is -2.23. The van der Waals surface area contributed by atoms with Crippen LogP contribution in [0.1, 0.15) is 19.5 Å². The van der Waals surface area contributed by atoms with Gasteiger partial charge in [-0.05, 0) is 26.0 Å². The van der Waals surface area contributed by atoms with Crippen LogP contribution in [-0.2, 0) is 5.54 Å². The van der Waals surface area contributed by atoms with Gasteiger partial charge in [0.25, 0.3) is 0 Å². The van der Waals surface area contributed by atoms with E-state index in [0.29, 0.717) is 11.5 Å². The minimum Gasteiger partial charge on any atom is -0.380 e. The lowest BCUT2D eigenvalue weighted by atomic mass is 10.00. The molecule has 3 N–H and O–H groups in total. The molecule has 3 aromatic rings. The van der Waals surface area contributed by atoms with Gasteiger partial charge in [-0.25, -0.2) is 9.67 Å². The van der Waals surface area contributed by atoms with E-state index in [1.807, 2.05) is 44.2 Å². The average molecular weight is 296 g/mol. The average Bonchev–Trinajstić information content (AvgIpc) is 3.16. The fraction of sp³-hybridized carbons (Fsp3) is 0.214. The maximum Gasteiger partial charge on any atom is 0.173 e. The molecule has 0 atom stereocenters. The third-order valence-electron chi connectivity index (χ3n) is 3.39. The van der Waals surface area contributed by atoms with Gasteiger partial charge < -0.3 is 5.73 Å². The smallest absolute Gasteiger partial charge is 0.173 e. The zero-order valence-electron chi connectivity index (χ0n) is 12.3. The predicted molar refractivity (Wildman–Crippen MR) is 82.1 cm³/mol. The number of azo groups is 1. The van der Waals surface area contributed by atoms with Gasteiger partial charge in [0, 0.05) is 0 Å². The number of nitrogens with one attached hydrogen (secondary N) is 1. The molecule has 0 unspecified atom stereocenters. The first kappa shape index (κ1) is 13.9. The number of anilines is 1. The van der Waals surface area contributed by atoms with Gasteiger partial charge in [0.1, 0.15) is 18.2 Å². The number of rotatable bonds is 4. The molecule has 8 nitrogen and oxygen atoms in total. The molecule has 0 radical (unpaired) electrons. The van der Waals surface area contributed by atoms with Crippen LogP contribution < -0.4 is 5.73 Å². The Balaban J connectivity index is 2.00. The molecule has 2 heterocycles. The first-order valence-electron chi connectivity index (χ1n) is 6.75. The Morgan fingerprint density at radius 2 is 1.95 bits per heavy atom. The minimum atomic E-state index is -0.536. The van der Waals surface area contributed by atoms with Gasteiger partial charge >= 0.3 is 0 Å². The largest absolute Gasteiger partial charge is 0.380 e. The van der Waals surface area contributed by atoms with Crippen molar-refractivity contribution >= 4 is 17.2 Å². The number of hydrogen-bond acceptors (Lipinski definition) is 6. The summed E-state index contributed by atoms with van der Waals surface area (Å²) in [4.78, 5) is 3.98. The molecular weight excluding hydrogens is 280 g/mol. The number of aromatic amines is 1. The zero-order chi connectivity index (χ0) is 15.6. The SMILES string of the molecule is CC(C)(c1[nH]nc(N)c1N=Nc1ccccc1)n1cncn1. The molecule has 0 saturated heterocycles. The number of nitrogen functional groups attached to an aromatic ring is 1. The number of hydrogen-bond donors (Lipinski definition) is 2. The third kappa shape index (κ3) is 2.46. The van der Waals surface area contributed by atoms with Crippen molar-refractivity contribution in [3.63, 3.8) is 0 Å². The molecular formula is C14H16N8. The Bertz CT molecular complexity index is 771. The maximum atomic E-state index is 5.91. The predicted octanol–water partition coefficient (Wildman–Crippen LogP) is 2.78. The van der Waals surface area contributed by atoms with Gasteiger partial charge in [0.2, 0.25) is 0 Å². The standard InChI is InChI=1S/C14H16N8/c1-14(2,22-9-16-8-17-22)12-11(13(15)21-20-12)19-18-10-6-4-3-5-7-10/h3-9H,1-2H3,(H3,15,20,21). The van der Waals surface area contributed by atoms with Crippen molar-refractivity contribution in [3.05, 3.63) is 48.7 Å². The van der Waals surface area contributed by atoms with Gasteiger partial charge in [0.15, 0.2) is 11.5 Å². The lowest BCUT2D eigenvalue weighted by Crippen LogP contribution is -2.28. The molecule has 8 heteroatoms. The molecule has 0 amide bonds. The van der Waals surface area contributed by atoms with Crippen molar-refractivity contribution < 1.29 is 0 Å². The van der Waals surface area contributed by atoms with Crippen LogP contribution in [0.5, 0.6) is 0 Å². The van der Waals surface area contributed by atoms with Gasteiger partial charge in [-0.15, -0.1) is 5.11 Å². The fourth-order valence-electron chi connectivity index (χ4n) is 2.09. The molecule has 0 aliphatic heterocycles. The van der Waals surface area contributed by atoms with Crippen LogP contribution in [-0.4, -0.2) is 25.0 Å². The van der Waals surface area contributed by atoms with Crippen LogP contribution >= 0.6 is 0 Å². The lowest BCUT2D eigenvalue weighted by molar-refractivity contribution is 0.379. The van der Waals surface area contributed by atoms with E-state index in [-0.39, 0.29) is 0 Å². The second-order valence-corrected chi connectivity index (χ2v) is 5.27. The highest BCUT2D eigenvalue weighted by Crippen LogP contribution is 2.35. The van der Waals surface area contributed by atoms with Crippen LogP contribution in [0.3, 0.4) is 0 Å². The van der Waals surface area contributed by atoms with Gasteiger partial charge in [-0.3, -0.25) is 5.10 Å². The molecule has 0 aliphatic rings. The first-order chi connectivity index (χ1) is 10.6. The number of aromatic nitrogens is 5. The second-order valence-electron chi connectivity index (χ2n) is 5.27. The molecule has 0 spiro atoms. The Morgan fingerprint density at radius 3 is 2.64 bits per heavy atom. The van der Waals surface area contributed by atoms with E-state index < -0.39 is 5.54 Å². The number of nitrogens with zero attached hydrogens (tertiary/aromatic N) is 6. The van der Waals surface area contributed by atoms with Crippen molar-refractivity contribution in [1.82, 2.24) is 25.0 Å². The highest BCUT2D eigenvalue weighted by molar-refractivity contribution is 5.62. The molecule has 0 aliphatic carbocycles. The van der Waals surface area contributed by atoms with Crippen molar-refractivity contribution in [2.75, 3.05) is 5.73 Å². The van der Waals surface area contributed by atoms with Crippen molar-refractivity contribution in [2.24, 2.45) is 10.2 Å². The second kappa shape index (κ2) is 5.40. The van der Waals surface area contributed by atoms with E-state index in [9.17, 15) is 0 Å². The monoisotopic (exact) mass is 296 g/mol. The summed E-state index contributed by atoms with van der Waals surface area (Å²) < 4.78 is 1.71. The molecule has 0 saturated carbocycles. The summed E-state index contributed by atoms with van der Waals surface area (Å²) in [5.41, 5.74) is 7.34. The third-order valence-corrected chi connectivity index (χ3v) is 3.39. The van der Waals surface area contributed by atoms with Gasteiger partial charge in [0.05, 0.1) is 11.4 Å². The molecule has 2 aromatic heterocycles. The fourth-order valence-corrected chi connectivity index (χ4v) is 2.09. The van der Waals surface area contributed by atoms with Gasteiger partial charge in [-0.1, -0.05) is 18.2 Å². The van der Waals surface area contributed by atoms with Gasteiger partial charge in [-0.2, -0.15) is 15.3 Å². The highest BCUT2D eigenvalue weighted by Gasteiger charge is 2.30. The topological polar surface area (TPSA) is 110 Å². The summed E-state index contributed by atoms with van der Waals surface area (Å²) >= 11 is 0. The number of H-pyrrole nitrogens is 1. The molecule has 112 valence electrons. The van der Waals surface area contributed by atoms with E-state index in [0.717, 1.165) is 11.4 Å². The Labute approximate surface area is 127 Å². The van der Waals surface area contributed by atoms with E-state index in [2.05, 4.69) is 30.5 Å². The molecule has 3 rings (SSSR count). The number of benzene rings is 1. The summed E-state index contributed by atoms with van der Waals surface area (Å²) in [7, 11) is 0. The summed E-state index contributed by atoms with van der Waals surface area (Å²) in [6.07, 6.45) is 3.11. The van der Waals surface area contributed by atoms with Crippen LogP contribution in [0.2, 0.25) is 0 Å². The summed E-state index contributed by atoms with van der Waals surface area (Å²) in [6.45, 7) is 3.94. The highest BCUT2D eigenvalue weighted by atomic mass is 15.4. The van der Waals surface area contributed by atoms with E-state index >= 15 is 0 Å². The van der Waals surface area contributed by atoms with Crippen molar-refractivity contribution in [3.8, 4) is 0 Å². The number of nitrogens with two attached hydrogens (primary N) is 1. The van der Waals surface area contributed by atoms with Crippen molar-refractivity contribution in [1.29, 1.82) is 0 Å². The van der Waals surface area contributed by atoms with E-state index in [4.69, 9.17) is 5.73 Å². The zero-order valence-corrected chi connectivity index (χ0v) is 12.3. The summed E-state index contributed by atoms with van der Waals surface area (Å²) in [6, 6.07) is 9.44. The molecule has 22 heavy (non-hydrogen) atoms. The van der Waals surface area contributed by atoms with Crippen LogP contribution in [0.25, 0.3) is 0 Å². The first-order valence-corrected chi connectivity index (χ1v) is 6.75. The Kier molecular flexibility index (Phi) is 3.42. The molecule has 0 bridgehead atoms.